The number of piperidine rings is 1. The van der Waals surface area contributed by atoms with Crippen molar-refractivity contribution in [1.29, 1.82) is 0 Å². The molecule has 0 aromatic carbocycles. The van der Waals surface area contributed by atoms with Gasteiger partial charge in [-0.1, -0.05) is 12.5 Å². The molecule has 0 aliphatic carbocycles. The Morgan fingerprint density at radius 2 is 1.91 bits per heavy atom. The quantitative estimate of drug-likeness (QED) is 0.855. The first-order valence-electron chi connectivity index (χ1n) is 8.51. The summed E-state index contributed by atoms with van der Waals surface area (Å²) < 4.78 is 0. The molecule has 2 aliphatic rings. The minimum Gasteiger partial charge on any atom is -0.396 e. The van der Waals surface area contributed by atoms with Crippen LogP contribution < -0.4 is 5.73 Å². The maximum atomic E-state index is 9.72. The van der Waals surface area contributed by atoms with Crippen molar-refractivity contribution >= 4 is 5.82 Å². The molecule has 0 saturated carbocycles. The highest BCUT2D eigenvalue weighted by Gasteiger charge is 2.33. The van der Waals surface area contributed by atoms with Gasteiger partial charge in [-0.2, -0.15) is 0 Å². The molecule has 22 heavy (non-hydrogen) atoms. The van der Waals surface area contributed by atoms with Gasteiger partial charge in [0.15, 0.2) is 0 Å². The number of nitrogens with two attached hydrogens (primary N) is 1. The third-order valence-corrected chi connectivity index (χ3v) is 5.15. The van der Waals surface area contributed by atoms with Gasteiger partial charge in [0.05, 0.1) is 0 Å². The summed E-state index contributed by atoms with van der Waals surface area (Å²) in [7, 11) is 0. The van der Waals surface area contributed by atoms with Gasteiger partial charge in [0.1, 0.15) is 5.82 Å². The molecule has 5 nitrogen and oxygen atoms in total. The first kappa shape index (κ1) is 15.7. The number of nitrogen functional groups attached to an aromatic ring is 1. The summed E-state index contributed by atoms with van der Waals surface area (Å²) in [6.45, 7) is 6.72. The van der Waals surface area contributed by atoms with Crippen LogP contribution in [0.25, 0.3) is 0 Å². The van der Waals surface area contributed by atoms with Crippen LogP contribution in [0.1, 0.15) is 24.8 Å². The number of hydrogen-bond acceptors (Lipinski definition) is 5. The first-order chi connectivity index (χ1) is 10.8. The second-order valence-electron chi connectivity index (χ2n) is 6.81. The van der Waals surface area contributed by atoms with Gasteiger partial charge in [-0.25, -0.2) is 4.98 Å². The van der Waals surface area contributed by atoms with Crippen LogP contribution in [0.15, 0.2) is 18.3 Å². The van der Waals surface area contributed by atoms with Gasteiger partial charge in [0.2, 0.25) is 0 Å². The zero-order valence-electron chi connectivity index (χ0n) is 13.3. The normalized spacial score (nSPS) is 27.3. The summed E-state index contributed by atoms with van der Waals surface area (Å²) in [4.78, 5) is 9.17. The van der Waals surface area contributed by atoms with Gasteiger partial charge in [-0.05, 0) is 43.8 Å². The molecular weight excluding hydrogens is 276 g/mol. The number of aliphatic hydroxyl groups excluding tert-OH is 1. The zero-order valence-corrected chi connectivity index (χ0v) is 13.3. The van der Waals surface area contributed by atoms with E-state index in [1.54, 1.807) is 6.20 Å². The summed E-state index contributed by atoms with van der Waals surface area (Å²) in [5.74, 6) is 1.59. The lowest BCUT2D eigenvalue weighted by Crippen LogP contribution is -2.37. The lowest BCUT2D eigenvalue weighted by Gasteiger charge is -2.30. The fourth-order valence-electron chi connectivity index (χ4n) is 3.88. The highest BCUT2D eigenvalue weighted by atomic mass is 16.3. The number of hydrogen-bond donors (Lipinski definition) is 2. The Bertz CT molecular complexity index is 475. The summed E-state index contributed by atoms with van der Waals surface area (Å²) in [5, 5.41) is 9.72. The van der Waals surface area contributed by atoms with Crippen LogP contribution in [-0.4, -0.2) is 59.2 Å². The summed E-state index contributed by atoms with van der Waals surface area (Å²) in [6, 6.07) is 3.99. The monoisotopic (exact) mass is 304 g/mol. The fourth-order valence-corrected chi connectivity index (χ4v) is 3.88. The van der Waals surface area contributed by atoms with E-state index in [1.165, 1.54) is 32.4 Å². The predicted octanol–water partition coefficient (Wildman–Crippen LogP) is 1.19. The van der Waals surface area contributed by atoms with Gasteiger partial charge in [-0.15, -0.1) is 0 Å². The average Bonchev–Trinajstić information content (AvgIpc) is 2.92. The Morgan fingerprint density at radius 3 is 2.64 bits per heavy atom. The molecule has 2 atom stereocenters. The Hall–Kier alpha value is -1.17. The number of anilines is 1. The zero-order chi connectivity index (χ0) is 15.4. The second kappa shape index (κ2) is 7.40. The van der Waals surface area contributed by atoms with Gasteiger partial charge < -0.3 is 15.7 Å². The van der Waals surface area contributed by atoms with Crippen LogP contribution in [0.4, 0.5) is 5.82 Å². The number of rotatable bonds is 5. The van der Waals surface area contributed by atoms with E-state index in [4.69, 9.17) is 5.73 Å². The second-order valence-corrected chi connectivity index (χ2v) is 6.81. The van der Waals surface area contributed by atoms with Gasteiger partial charge in [-0.3, -0.25) is 4.90 Å². The van der Waals surface area contributed by atoms with E-state index in [9.17, 15) is 5.11 Å². The van der Waals surface area contributed by atoms with Crippen molar-refractivity contribution in [2.75, 3.05) is 45.1 Å². The van der Waals surface area contributed by atoms with Crippen LogP contribution in [0.5, 0.6) is 0 Å². The number of aliphatic hydroxyl groups is 1. The number of likely N-dealkylation sites (tertiary alicyclic amines) is 2. The van der Waals surface area contributed by atoms with E-state index >= 15 is 0 Å². The molecule has 0 bridgehead atoms. The Labute approximate surface area is 133 Å². The van der Waals surface area contributed by atoms with Crippen LogP contribution in [0, 0.1) is 11.8 Å². The molecule has 122 valence electrons. The van der Waals surface area contributed by atoms with Crippen molar-refractivity contribution < 1.29 is 5.11 Å². The number of nitrogens with zero attached hydrogens (tertiary/aromatic N) is 3. The molecular formula is C17H28N4O. The minimum atomic E-state index is 0.289. The number of pyridine rings is 1. The minimum absolute atomic E-state index is 0.289. The van der Waals surface area contributed by atoms with E-state index in [1.807, 2.05) is 12.1 Å². The first-order valence-corrected chi connectivity index (χ1v) is 8.51. The SMILES string of the molecule is Nc1ncccc1CN1C[C@@H](CN2CCCCC2)[C@@H](CO)C1. The van der Waals surface area contributed by atoms with Crippen LogP contribution in [0.3, 0.4) is 0 Å². The third kappa shape index (κ3) is 3.77. The maximum Gasteiger partial charge on any atom is 0.127 e. The Balaban J connectivity index is 1.58. The summed E-state index contributed by atoms with van der Waals surface area (Å²) in [6.07, 6.45) is 5.76. The highest BCUT2D eigenvalue weighted by molar-refractivity contribution is 5.38. The lowest BCUT2D eigenvalue weighted by molar-refractivity contribution is 0.149. The van der Waals surface area contributed by atoms with Crippen molar-refractivity contribution in [3.05, 3.63) is 23.9 Å². The third-order valence-electron chi connectivity index (χ3n) is 5.15. The standard InChI is InChI=1S/C17H28N4O/c18-17-14(5-4-6-19-17)9-21-11-15(16(12-21)13-22)10-20-7-2-1-3-8-20/h4-6,15-16,22H,1-3,7-13H2,(H2,18,19)/t15-,16-/m1/s1. The average molecular weight is 304 g/mol. The van der Waals surface area contributed by atoms with Gasteiger partial charge in [0, 0.05) is 44.5 Å². The molecule has 2 fully saturated rings. The number of aromatic nitrogens is 1. The molecule has 3 heterocycles. The van der Waals surface area contributed by atoms with Crippen molar-refractivity contribution in [3.8, 4) is 0 Å². The molecule has 3 N–H and O–H groups in total. The van der Waals surface area contributed by atoms with Crippen molar-refractivity contribution in [3.63, 3.8) is 0 Å². The Morgan fingerprint density at radius 1 is 1.14 bits per heavy atom. The van der Waals surface area contributed by atoms with Gasteiger partial charge >= 0.3 is 0 Å². The van der Waals surface area contributed by atoms with Crippen molar-refractivity contribution in [2.24, 2.45) is 11.8 Å². The van der Waals surface area contributed by atoms with Gasteiger partial charge in [0.25, 0.3) is 0 Å². The van der Waals surface area contributed by atoms with Crippen LogP contribution in [0.2, 0.25) is 0 Å². The topological polar surface area (TPSA) is 65.6 Å². The van der Waals surface area contributed by atoms with E-state index in [2.05, 4.69) is 14.8 Å². The molecule has 0 spiro atoms. The molecule has 2 aliphatic heterocycles. The van der Waals surface area contributed by atoms with E-state index in [-0.39, 0.29) is 6.61 Å². The predicted molar refractivity (Wildman–Crippen MR) is 88.3 cm³/mol. The van der Waals surface area contributed by atoms with Crippen molar-refractivity contribution in [2.45, 2.75) is 25.8 Å². The van der Waals surface area contributed by atoms with E-state index in [0.717, 1.165) is 31.7 Å². The van der Waals surface area contributed by atoms with Crippen molar-refractivity contribution in [1.82, 2.24) is 14.8 Å². The largest absolute Gasteiger partial charge is 0.396 e. The molecule has 5 heteroatoms. The molecule has 0 radical (unpaired) electrons. The van der Waals surface area contributed by atoms with E-state index in [0.29, 0.717) is 17.7 Å². The molecule has 1 aromatic heterocycles. The molecule has 3 rings (SSSR count). The highest BCUT2D eigenvalue weighted by Crippen LogP contribution is 2.27. The Kier molecular flexibility index (Phi) is 5.28. The molecule has 0 unspecified atom stereocenters. The lowest BCUT2D eigenvalue weighted by atomic mass is 9.95. The van der Waals surface area contributed by atoms with E-state index < -0.39 is 0 Å². The fraction of sp³-hybridized carbons (Fsp3) is 0.706. The van der Waals surface area contributed by atoms with Crippen LogP contribution in [-0.2, 0) is 6.54 Å². The maximum absolute atomic E-state index is 9.72. The smallest absolute Gasteiger partial charge is 0.127 e. The summed E-state index contributed by atoms with van der Waals surface area (Å²) >= 11 is 0. The summed E-state index contributed by atoms with van der Waals surface area (Å²) in [5.41, 5.74) is 7.05. The molecule has 0 amide bonds. The van der Waals surface area contributed by atoms with Crippen LogP contribution >= 0.6 is 0 Å². The molecule has 2 saturated heterocycles. The molecule has 1 aromatic rings.